The molecule has 0 atom stereocenters. The van der Waals surface area contributed by atoms with Crippen molar-refractivity contribution in [3.05, 3.63) is 24.3 Å². The first-order valence-electron chi connectivity index (χ1n) is 4.95. The van der Waals surface area contributed by atoms with Crippen LogP contribution in [-0.2, 0) is 6.42 Å². The summed E-state index contributed by atoms with van der Waals surface area (Å²) in [5.41, 5.74) is 5.60. The van der Waals surface area contributed by atoms with Crippen LogP contribution in [0.25, 0.3) is 5.82 Å². The summed E-state index contributed by atoms with van der Waals surface area (Å²) in [6.07, 6.45) is 4.38. The highest BCUT2D eigenvalue weighted by molar-refractivity contribution is 5.35. The maximum Gasteiger partial charge on any atom is 0.225 e. The van der Waals surface area contributed by atoms with Crippen LogP contribution in [0.3, 0.4) is 0 Å². The van der Waals surface area contributed by atoms with Gasteiger partial charge in [0.2, 0.25) is 11.8 Å². The molecule has 0 fully saturated rings. The van der Waals surface area contributed by atoms with Crippen molar-refractivity contribution in [2.75, 3.05) is 12.8 Å². The highest BCUT2D eigenvalue weighted by Crippen LogP contribution is 2.15. The van der Waals surface area contributed by atoms with E-state index in [0.29, 0.717) is 11.7 Å². The smallest absolute Gasteiger partial charge is 0.225 e. The summed E-state index contributed by atoms with van der Waals surface area (Å²) in [7, 11) is 1.54. The van der Waals surface area contributed by atoms with Gasteiger partial charge >= 0.3 is 0 Å². The van der Waals surface area contributed by atoms with E-state index in [4.69, 9.17) is 10.5 Å². The Bertz CT molecular complexity index is 494. The minimum absolute atomic E-state index is 0.185. The van der Waals surface area contributed by atoms with Crippen LogP contribution in [0.5, 0.6) is 5.88 Å². The van der Waals surface area contributed by atoms with Crippen molar-refractivity contribution in [1.82, 2.24) is 19.5 Å². The van der Waals surface area contributed by atoms with E-state index in [-0.39, 0.29) is 5.95 Å². The minimum atomic E-state index is 0.185. The third-order valence-electron chi connectivity index (χ3n) is 2.20. The number of nitrogens with zero attached hydrogens (tertiary/aromatic N) is 4. The Morgan fingerprint density at radius 2 is 2.25 bits per heavy atom. The molecule has 0 aromatic carbocycles. The van der Waals surface area contributed by atoms with Gasteiger partial charge in [0.15, 0.2) is 0 Å². The maximum atomic E-state index is 5.60. The lowest BCUT2D eigenvalue weighted by Gasteiger charge is -2.07. The number of hydrogen-bond acceptors (Lipinski definition) is 5. The molecule has 0 spiro atoms. The molecule has 0 bridgehead atoms. The van der Waals surface area contributed by atoms with Gasteiger partial charge in [-0.3, -0.25) is 4.57 Å². The van der Waals surface area contributed by atoms with Gasteiger partial charge in [0.1, 0.15) is 11.6 Å². The first kappa shape index (κ1) is 10.4. The third-order valence-corrected chi connectivity index (χ3v) is 2.20. The summed E-state index contributed by atoms with van der Waals surface area (Å²) in [6, 6.07) is 1.72. The number of imidazole rings is 1. The summed E-state index contributed by atoms with van der Waals surface area (Å²) < 4.78 is 6.90. The zero-order valence-corrected chi connectivity index (χ0v) is 9.21. The monoisotopic (exact) mass is 219 g/mol. The van der Waals surface area contributed by atoms with Gasteiger partial charge in [0.05, 0.1) is 7.11 Å². The fourth-order valence-electron chi connectivity index (χ4n) is 1.46. The van der Waals surface area contributed by atoms with Gasteiger partial charge in [-0.25, -0.2) is 4.98 Å². The SMILES string of the molecule is CCc1nccn1-c1cc(OC)nc(N)n1. The fourth-order valence-corrected chi connectivity index (χ4v) is 1.46. The molecule has 2 N–H and O–H groups in total. The van der Waals surface area contributed by atoms with E-state index >= 15 is 0 Å². The van der Waals surface area contributed by atoms with Crippen LogP contribution in [0.1, 0.15) is 12.7 Å². The Hall–Kier alpha value is -2.11. The zero-order chi connectivity index (χ0) is 11.5. The highest BCUT2D eigenvalue weighted by atomic mass is 16.5. The normalized spacial score (nSPS) is 10.4. The second kappa shape index (κ2) is 4.18. The number of methoxy groups -OCH3 is 1. The standard InChI is InChI=1S/C10H13N5O/c1-3-7-12-4-5-15(7)8-6-9(16-2)14-10(11)13-8/h4-6H,3H2,1-2H3,(H2,11,13,14). The molecular weight excluding hydrogens is 206 g/mol. The number of anilines is 1. The lowest BCUT2D eigenvalue weighted by molar-refractivity contribution is 0.397. The lowest BCUT2D eigenvalue weighted by atomic mass is 10.4. The first-order chi connectivity index (χ1) is 7.74. The van der Waals surface area contributed by atoms with Crippen molar-refractivity contribution >= 4 is 5.95 Å². The molecule has 0 radical (unpaired) electrons. The lowest BCUT2D eigenvalue weighted by Crippen LogP contribution is -2.06. The van der Waals surface area contributed by atoms with E-state index in [1.165, 1.54) is 0 Å². The van der Waals surface area contributed by atoms with E-state index < -0.39 is 0 Å². The number of nitrogen functional groups attached to an aromatic ring is 1. The van der Waals surface area contributed by atoms with E-state index in [9.17, 15) is 0 Å². The molecule has 6 nitrogen and oxygen atoms in total. The van der Waals surface area contributed by atoms with Gasteiger partial charge in [0, 0.05) is 24.9 Å². The molecule has 0 saturated carbocycles. The van der Waals surface area contributed by atoms with Crippen LogP contribution >= 0.6 is 0 Å². The fraction of sp³-hybridized carbons (Fsp3) is 0.300. The average molecular weight is 219 g/mol. The van der Waals surface area contributed by atoms with Crippen molar-refractivity contribution in [2.45, 2.75) is 13.3 Å². The molecule has 84 valence electrons. The molecule has 0 aliphatic heterocycles. The van der Waals surface area contributed by atoms with E-state index in [1.807, 2.05) is 17.7 Å². The molecule has 0 amide bonds. The Morgan fingerprint density at radius 3 is 2.94 bits per heavy atom. The molecule has 2 aromatic rings. The summed E-state index contributed by atoms with van der Waals surface area (Å²) >= 11 is 0. The van der Waals surface area contributed by atoms with Crippen LogP contribution in [0.15, 0.2) is 18.5 Å². The van der Waals surface area contributed by atoms with Gasteiger partial charge in [-0.05, 0) is 0 Å². The van der Waals surface area contributed by atoms with Crippen LogP contribution in [0, 0.1) is 0 Å². The molecule has 0 unspecified atom stereocenters. The maximum absolute atomic E-state index is 5.60. The van der Waals surface area contributed by atoms with E-state index in [2.05, 4.69) is 15.0 Å². The molecule has 0 aliphatic rings. The number of aromatic nitrogens is 4. The predicted molar refractivity (Wildman–Crippen MR) is 59.5 cm³/mol. The van der Waals surface area contributed by atoms with Crippen molar-refractivity contribution in [2.24, 2.45) is 0 Å². The molecule has 2 rings (SSSR count). The van der Waals surface area contributed by atoms with Crippen LogP contribution in [-0.4, -0.2) is 26.6 Å². The number of hydrogen-bond donors (Lipinski definition) is 1. The highest BCUT2D eigenvalue weighted by Gasteiger charge is 2.07. The Balaban J connectivity index is 2.51. The average Bonchev–Trinajstić information content (AvgIpc) is 2.76. The second-order valence-corrected chi connectivity index (χ2v) is 3.19. The van der Waals surface area contributed by atoms with Gasteiger partial charge in [0.25, 0.3) is 0 Å². The second-order valence-electron chi connectivity index (χ2n) is 3.19. The molecule has 2 heterocycles. The van der Waals surface area contributed by atoms with Crippen LogP contribution in [0.2, 0.25) is 0 Å². The van der Waals surface area contributed by atoms with Gasteiger partial charge < -0.3 is 10.5 Å². The van der Waals surface area contributed by atoms with E-state index in [0.717, 1.165) is 12.2 Å². The molecule has 16 heavy (non-hydrogen) atoms. The molecule has 0 aliphatic carbocycles. The van der Waals surface area contributed by atoms with Crippen molar-refractivity contribution in [1.29, 1.82) is 0 Å². The van der Waals surface area contributed by atoms with Crippen LogP contribution < -0.4 is 10.5 Å². The first-order valence-corrected chi connectivity index (χ1v) is 4.95. The molecule has 2 aromatic heterocycles. The number of aryl methyl sites for hydroxylation is 1. The molecule has 6 heteroatoms. The number of rotatable bonds is 3. The van der Waals surface area contributed by atoms with Gasteiger partial charge in [-0.1, -0.05) is 6.92 Å². The van der Waals surface area contributed by atoms with Crippen LogP contribution in [0.4, 0.5) is 5.95 Å². The van der Waals surface area contributed by atoms with E-state index in [1.54, 1.807) is 19.4 Å². The van der Waals surface area contributed by atoms with Gasteiger partial charge in [-0.15, -0.1) is 0 Å². The Kier molecular flexibility index (Phi) is 2.72. The number of ether oxygens (including phenoxy) is 1. The summed E-state index contributed by atoms with van der Waals surface area (Å²) in [4.78, 5) is 12.3. The third kappa shape index (κ3) is 1.81. The Labute approximate surface area is 93.1 Å². The van der Waals surface area contributed by atoms with Gasteiger partial charge in [-0.2, -0.15) is 9.97 Å². The summed E-state index contributed by atoms with van der Waals surface area (Å²) in [6.45, 7) is 2.03. The Morgan fingerprint density at radius 1 is 1.44 bits per heavy atom. The molecular formula is C10H13N5O. The summed E-state index contributed by atoms with van der Waals surface area (Å²) in [5.74, 6) is 2.21. The van der Waals surface area contributed by atoms with Crippen molar-refractivity contribution in [3.8, 4) is 11.7 Å². The zero-order valence-electron chi connectivity index (χ0n) is 9.21. The predicted octanol–water partition coefficient (Wildman–Crippen LogP) is 0.815. The molecule has 0 saturated heterocycles. The minimum Gasteiger partial charge on any atom is -0.481 e. The number of nitrogens with two attached hydrogens (primary N) is 1. The largest absolute Gasteiger partial charge is 0.481 e. The van der Waals surface area contributed by atoms with Crippen molar-refractivity contribution < 1.29 is 4.74 Å². The van der Waals surface area contributed by atoms with Crippen molar-refractivity contribution in [3.63, 3.8) is 0 Å². The summed E-state index contributed by atoms with van der Waals surface area (Å²) in [5, 5.41) is 0. The topological polar surface area (TPSA) is 78.8 Å². The quantitative estimate of drug-likeness (QED) is 0.826.